The highest BCUT2D eigenvalue weighted by molar-refractivity contribution is 7.80. The third kappa shape index (κ3) is 3.76. The largest absolute Gasteiger partial charge is 0.307 e. The Morgan fingerprint density at radius 2 is 1.92 bits per heavy atom. The molecule has 12 heavy (non-hydrogen) atoms. The number of rotatable bonds is 4. The highest BCUT2D eigenvalue weighted by Crippen LogP contribution is 1.97. The smallest absolute Gasteiger partial charge is 0.0387 e. The van der Waals surface area contributed by atoms with E-state index in [2.05, 4.69) is 34.8 Å². The number of piperazine rings is 1. The predicted octanol–water partition coefficient (Wildman–Crippen LogP) is -0.289. The Morgan fingerprint density at radius 1 is 1.25 bits per heavy atom. The zero-order valence-corrected chi connectivity index (χ0v) is 8.69. The molecule has 1 saturated heterocycles. The van der Waals surface area contributed by atoms with Crippen LogP contribution in [-0.4, -0.2) is 62.0 Å². The molecule has 1 fully saturated rings. The van der Waals surface area contributed by atoms with Gasteiger partial charge in [-0.05, 0) is 7.05 Å². The van der Waals surface area contributed by atoms with Crippen molar-refractivity contribution in [3.05, 3.63) is 0 Å². The molecule has 0 amide bonds. The maximum absolute atomic E-state index is 4.09. The first kappa shape index (κ1) is 10.3. The molecule has 1 heterocycles. The van der Waals surface area contributed by atoms with Crippen molar-refractivity contribution < 1.29 is 0 Å². The normalized spacial score (nSPS) is 21.5. The molecule has 0 aliphatic carbocycles. The van der Waals surface area contributed by atoms with E-state index in [1.165, 1.54) is 26.2 Å². The number of hydrogen-bond acceptors (Lipinski definition) is 4. The van der Waals surface area contributed by atoms with Crippen LogP contribution < -0.4 is 5.32 Å². The molecule has 0 aromatic rings. The average molecular weight is 189 g/mol. The van der Waals surface area contributed by atoms with Gasteiger partial charge in [0.1, 0.15) is 0 Å². The second-order valence-electron chi connectivity index (χ2n) is 3.30. The summed E-state index contributed by atoms with van der Waals surface area (Å²) < 4.78 is 0. The summed E-state index contributed by atoms with van der Waals surface area (Å²) in [6, 6.07) is 0. The van der Waals surface area contributed by atoms with E-state index in [9.17, 15) is 0 Å². The summed E-state index contributed by atoms with van der Waals surface area (Å²) in [6.45, 7) is 7.07. The summed E-state index contributed by atoms with van der Waals surface area (Å²) in [5.41, 5.74) is 0. The first-order chi connectivity index (χ1) is 5.83. The minimum atomic E-state index is 0.785. The molecule has 0 spiro atoms. The van der Waals surface area contributed by atoms with Gasteiger partial charge in [-0.2, -0.15) is 12.6 Å². The maximum atomic E-state index is 4.09. The van der Waals surface area contributed by atoms with Crippen LogP contribution in [0.4, 0.5) is 0 Å². The fourth-order valence-corrected chi connectivity index (χ4v) is 1.55. The summed E-state index contributed by atoms with van der Waals surface area (Å²) in [4.78, 5) is 4.87. The van der Waals surface area contributed by atoms with Crippen LogP contribution in [0.3, 0.4) is 0 Å². The van der Waals surface area contributed by atoms with Gasteiger partial charge in [0.25, 0.3) is 0 Å². The molecule has 0 bridgehead atoms. The Labute approximate surface area is 80.5 Å². The van der Waals surface area contributed by atoms with Crippen molar-refractivity contribution in [1.82, 2.24) is 15.1 Å². The van der Waals surface area contributed by atoms with Crippen LogP contribution in [0.5, 0.6) is 0 Å². The lowest BCUT2D eigenvalue weighted by molar-refractivity contribution is 0.155. The lowest BCUT2D eigenvalue weighted by atomic mass is 10.3. The van der Waals surface area contributed by atoms with E-state index in [0.29, 0.717) is 0 Å². The van der Waals surface area contributed by atoms with Crippen molar-refractivity contribution in [3.63, 3.8) is 0 Å². The van der Waals surface area contributed by atoms with Gasteiger partial charge in [-0.1, -0.05) is 0 Å². The summed E-state index contributed by atoms with van der Waals surface area (Å²) in [5.74, 6) is 0.785. The Balaban J connectivity index is 2.01. The van der Waals surface area contributed by atoms with Crippen molar-refractivity contribution in [2.75, 3.05) is 52.2 Å². The molecule has 1 rings (SSSR count). The van der Waals surface area contributed by atoms with E-state index in [0.717, 1.165) is 19.0 Å². The van der Waals surface area contributed by atoms with Crippen LogP contribution in [0.1, 0.15) is 0 Å². The van der Waals surface area contributed by atoms with Gasteiger partial charge in [0.05, 0.1) is 0 Å². The standard InChI is InChI=1S/C8H19N3S/c1-10-4-6-11(7-5-10)3-2-9-8-12/h9,12H,2-8H2,1H3. The van der Waals surface area contributed by atoms with Gasteiger partial charge in [-0.25, -0.2) is 0 Å². The SMILES string of the molecule is CN1CCN(CCNCS)CC1. The Morgan fingerprint density at radius 3 is 2.50 bits per heavy atom. The Kier molecular flexibility index (Phi) is 4.99. The highest BCUT2D eigenvalue weighted by Gasteiger charge is 2.12. The third-order valence-corrected chi connectivity index (χ3v) is 2.54. The predicted molar refractivity (Wildman–Crippen MR) is 55.8 cm³/mol. The molecule has 3 nitrogen and oxygen atoms in total. The van der Waals surface area contributed by atoms with E-state index >= 15 is 0 Å². The van der Waals surface area contributed by atoms with Gasteiger partial charge < -0.3 is 10.2 Å². The van der Waals surface area contributed by atoms with Crippen LogP contribution in [0, 0.1) is 0 Å². The quantitative estimate of drug-likeness (QED) is 0.360. The fraction of sp³-hybridized carbons (Fsp3) is 1.00. The van der Waals surface area contributed by atoms with Crippen LogP contribution in [-0.2, 0) is 0 Å². The van der Waals surface area contributed by atoms with Gasteiger partial charge >= 0.3 is 0 Å². The van der Waals surface area contributed by atoms with Gasteiger partial charge in [-0.3, -0.25) is 4.90 Å². The summed E-state index contributed by atoms with van der Waals surface area (Å²) in [7, 11) is 2.18. The van der Waals surface area contributed by atoms with E-state index in [1.807, 2.05) is 0 Å². The van der Waals surface area contributed by atoms with E-state index in [-0.39, 0.29) is 0 Å². The van der Waals surface area contributed by atoms with Gasteiger partial charge in [-0.15, -0.1) is 0 Å². The molecule has 0 saturated carbocycles. The molecule has 0 aromatic carbocycles. The first-order valence-corrected chi connectivity index (χ1v) is 5.18. The van der Waals surface area contributed by atoms with Crippen LogP contribution in [0.25, 0.3) is 0 Å². The molecule has 4 heteroatoms. The van der Waals surface area contributed by atoms with Crippen molar-refractivity contribution in [1.29, 1.82) is 0 Å². The zero-order valence-electron chi connectivity index (χ0n) is 7.79. The lowest BCUT2D eigenvalue weighted by Gasteiger charge is -2.32. The van der Waals surface area contributed by atoms with Gasteiger partial charge in [0, 0.05) is 45.1 Å². The molecular formula is C8H19N3S. The number of nitrogens with one attached hydrogen (secondary N) is 1. The molecule has 0 atom stereocenters. The monoisotopic (exact) mass is 189 g/mol. The highest BCUT2D eigenvalue weighted by atomic mass is 32.1. The average Bonchev–Trinajstić information content (AvgIpc) is 2.09. The minimum Gasteiger partial charge on any atom is -0.307 e. The van der Waals surface area contributed by atoms with Gasteiger partial charge in [0.15, 0.2) is 0 Å². The molecular weight excluding hydrogens is 170 g/mol. The number of hydrogen-bond donors (Lipinski definition) is 2. The summed E-state index contributed by atoms with van der Waals surface area (Å²) >= 11 is 4.09. The minimum absolute atomic E-state index is 0.785. The zero-order chi connectivity index (χ0) is 8.81. The summed E-state index contributed by atoms with van der Waals surface area (Å²) in [6.07, 6.45) is 0. The fourth-order valence-electron chi connectivity index (χ4n) is 1.39. The van der Waals surface area contributed by atoms with Crippen LogP contribution in [0.2, 0.25) is 0 Å². The van der Waals surface area contributed by atoms with E-state index < -0.39 is 0 Å². The molecule has 0 unspecified atom stereocenters. The third-order valence-electron chi connectivity index (χ3n) is 2.31. The number of nitrogens with zero attached hydrogens (tertiary/aromatic N) is 2. The number of likely N-dealkylation sites (N-methyl/N-ethyl adjacent to an activating group) is 1. The van der Waals surface area contributed by atoms with E-state index in [1.54, 1.807) is 0 Å². The first-order valence-electron chi connectivity index (χ1n) is 4.55. The maximum Gasteiger partial charge on any atom is 0.0387 e. The second kappa shape index (κ2) is 5.80. The van der Waals surface area contributed by atoms with Crippen molar-refractivity contribution in [2.45, 2.75) is 0 Å². The topological polar surface area (TPSA) is 18.5 Å². The van der Waals surface area contributed by atoms with Crippen molar-refractivity contribution in [3.8, 4) is 0 Å². The van der Waals surface area contributed by atoms with Gasteiger partial charge in [0.2, 0.25) is 0 Å². The second-order valence-corrected chi connectivity index (χ2v) is 3.62. The molecule has 72 valence electrons. The van der Waals surface area contributed by atoms with Crippen molar-refractivity contribution >= 4 is 12.6 Å². The Bertz CT molecular complexity index is 113. The number of thiol groups is 1. The van der Waals surface area contributed by atoms with E-state index in [4.69, 9.17) is 0 Å². The lowest BCUT2D eigenvalue weighted by Crippen LogP contribution is -2.46. The summed E-state index contributed by atoms with van der Waals surface area (Å²) in [5, 5.41) is 3.22. The van der Waals surface area contributed by atoms with Crippen LogP contribution >= 0.6 is 12.6 Å². The molecule has 1 aliphatic heterocycles. The Hall–Kier alpha value is 0.230. The van der Waals surface area contributed by atoms with Crippen LogP contribution in [0.15, 0.2) is 0 Å². The molecule has 0 radical (unpaired) electrons. The van der Waals surface area contributed by atoms with Crippen molar-refractivity contribution in [2.24, 2.45) is 0 Å². The molecule has 1 aliphatic rings. The molecule has 0 aromatic heterocycles. The molecule has 1 N–H and O–H groups in total.